The van der Waals surface area contributed by atoms with Gasteiger partial charge in [-0.3, -0.25) is 29.0 Å². The molecular weight excluding hydrogens is 788 g/mol. The average molecular weight is 854 g/mol. The summed E-state index contributed by atoms with van der Waals surface area (Å²) < 4.78 is 0. The molecule has 0 bridgehead atoms. The molecule has 4 aromatic rings. The van der Waals surface area contributed by atoms with Crippen molar-refractivity contribution in [1.82, 2.24) is 9.80 Å². The van der Waals surface area contributed by atoms with Crippen LogP contribution in [0, 0.1) is 0 Å². The monoisotopic (exact) mass is 852 g/mol. The second-order valence-electron chi connectivity index (χ2n) is 17.0. The van der Waals surface area contributed by atoms with Crippen molar-refractivity contribution in [3.05, 3.63) is 87.9 Å². The molecule has 2 fully saturated rings. The molecule has 4 amide bonds. The predicted molar refractivity (Wildman–Crippen MR) is 246 cm³/mol. The summed E-state index contributed by atoms with van der Waals surface area (Å²) in [6, 6.07) is 18.7. The minimum Gasteiger partial charge on any atom is -0.396 e. The molecule has 5 N–H and O–H groups in total. The molecule has 2 heterocycles. The minimum atomic E-state index is -0.161. The van der Waals surface area contributed by atoms with Crippen molar-refractivity contribution in [3.63, 3.8) is 0 Å². The Kier molecular flexibility index (Phi) is 17.6. The van der Waals surface area contributed by atoms with Crippen LogP contribution >= 0.6 is 11.6 Å². The third-order valence-corrected chi connectivity index (χ3v) is 13.0. The molecule has 4 aromatic carbocycles. The maximum Gasteiger partial charge on any atom is 0.261 e. The number of imide groups is 2. The second kappa shape index (κ2) is 23.2. The number of rotatable bonds is 12. The molecule has 2 saturated carbocycles. The first kappa shape index (κ1) is 46.2. The molecule has 2 aliphatic carbocycles. The van der Waals surface area contributed by atoms with Gasteiger partial charge in [-0.05, 0) is 107 Å². The number of benzene rings is 4. The van der Waals surface area contributed by atoms with Crippen molar-refractivity contribution in [2.24, 2.45) is 5.73 Å². The lowest BCUT2D eigenvalue weighted by Crippen LogP contribution is -2.47. The molecule has 2 aliphatic heterocycles. The van der Waals surface area contributed by atoms with Crippen LogP contribution in [0.4, 0.5) is 5.69 Å². The number of carbonyl (C=O) groups excluding carboxylic acids is 4. The Balaban J connectivity index is 0.000000180. The lowest BCUT2D eigenvalue weighted by molar-refractivity contribution is 0.0497. The van der Waals surface area contributed by atoms with Crippen LogP contribution in [0.25, 0.3) is 21.5 Å². The Morgan fingerprint density at radius 3 is 1.44 bits per heavy atom. The van der Waals surface area contributed by atoms with Crippen LogP contribution in [0.3, 0.4) is 0 Å². The van der Waals surface area contributed by atoms with Crippen LogP contribution < -0.4 is 11.1 Å². The SMILES string of the molecule is NCCCCCO.O=C1c2cccc3c(Cl)ccc(c23)C(=O)N1C1CCCCCCC1.O=C1c2cccc3c(NCCCCCO)ccc(c23)C(=O)N1C1CCCCCCC1. The van der Waals surface area contributed by atoms with Crippen LogP contribution in [0.1, 0.15) is 170 Å². The zero-order chi connectivity index (χ0) is 43.1. The summed E-state index contributed by atoms with van der Waals surface area (Å²) >= 11 is 6.27. The highest BCUT2D eigenvalue weighted by Crippen LogP contribution is 2.38. The second-order valence-corrected chi connectivity index (χ2v) is 17.4. The first-order chi connectivity index (χ1) is 29.8. The van der Waals surface area contributed by atoms with Gasteiger partial charge in [0.05, 0.1) is 0 Å². The summed E-state index contributed by atoms with van der Waals surface area (Å²) in [4.78, 5) is 56.1. The Hall–Kier alpha value is -4.35. The number of nitrogens with zero attached hydrogens (tertiary/aromatic N) is 2. The summed E-state index contributed by atoms with van der Waals surface area (Å²) in [5.41, 5.74) is 8.65. The number of carbonyl (C=O) groups is 4. The summed E-state index contributed by atoms with van der Waals surface area (Å²) in [5, 5.41) is 24.4. The molecule has 0 spiro atoms. The molecular formula is C50H65ClN4O6. The average Bonchev–Trinajstić information content (AvgIpc) is 3.24. The summed E-state index contributed by atoms with van der Waals surface area (Å²) in [6.45, 7) is 2.08. The number of hydrogen-bond acceptors (Lipinski definition) is 8. The zero-order valence-corrected chi connectivity index (χ0v) is 36.5. The molecule has 11 heteroatoms. The van der Waals surface area contributed by atoms with Gasteiger partial charge in [0.2, 0.25) is 0 Å². The van der Waals surface area contributed by atoms with Crippen LogP contribution in [-0.4, -0.2) is 82.0 Å². The van der Waals surface area contributed by atoms with E-state index in [4.69, 9.17) is 27.5 Å². The lowest BCUT2D eigenvalue weighted by Gasteiger charge is -2.35. The van der Waals surface area contributed by atoms with Crippen LogP contribution in [0.5, 0.6) is 0 Å². The van der Waals surface area contributed by atoms with E-state index in [1.165, 1.54) is 43.4 Å². The Bertz CT molecular complexity index is 2080. The lowest BCUT2D eigenvalue weighted by atomic mass is 9.89. The number of anilines is 1. The largest absolute Gasteiger partial charge is 0.396 e. The van der Waals surface area contributed by atoms with E-state index in [2.05, 4.69) is 5.32 Å². The number of halogens is 1. The highest BCUT2D eigenvalue weighted by molar-refractivity contribution is 6.38. The first-order valence-corrected chi connectivity index (χ1v) is 23.4. The van der Waals surface area contributed by atoms with Gasteiger partial charge < -0.3 is 21.3 Å². The number of aliphatic hydroxyl groups excluding tert-OH is 2. The van der Waals surface area contributed by atoms with Crippen molar-refractivity contribution >= 4 is 62.5 Å². The molecule has 0 saturated heterocycles. The van der Waals surface area contributed by atoms with Gasteiger partial charge in [0.1, 0.15) is 0 Å². The zero-order valence-electron chi connectivity index (χ0n) is 35.8. The predicted octanol–water partition coefficient (Wildman–Crippen LogP) is 10.4. The van der Waals surface area contributed by atoms with Crippen LogP contribution in [0.15, 0.2) is 60.7 Å². The number of amides is 4. The molecule has 10 nitrogen and oxygen atoms in total. The van der Waals surface area contributed by atoms with E-state index in [0.717, 1.165) is 125 Å². The fourth-order valence-electron chi connectivity index (χ4n) is 9.47. The van der Waals surface area contributed by atoms with Gasteiger partial charge in [0, 0.05) is 86.4 Å². The van der Waals surface area contributed by atoms with E-state index in [-0.39, 0.29) is 42.3 Å². The van der Waals surface area contributed by atoms with E-state index in [0.29, 0.717) is 39.3 Å². The smallest absolute Gasteiger partial charge is 0.261 e. The van der Waals surface area contributed by atoms with Gasteiger partial charge in [-0.15, -0.1) is 0 Å². The van der Waals surface area contributed by atoms with Crippen LogP contribution in [-0.2, 0) is 0 Å². The molecule has 0 radical (unpaired) electrons. The highest BCUT2D eigenvalue weighted by Gasteiger charge is 2.39. The van der Waals surface area contributed by atoms with Crippen molar-refractivity contribution in [3.8, 4) is 0 Å². The highest BCUT2D eigenvalue weighted by atomic mass is 35.5. The molecule has 328 valence electrons. The third-order valence-electron chi connectivity index (χ3n) is 12.7. The summed E-state index contributed by atoms with van der Waals surface area (Å²) in [7, 11) is 0. The molecule has 0 atom stereocenters. The third kappa shape index (κ3) is 11.0. The molecule has 61 heavy (non-hydrogen) atoms. The maximum atomic E-state index is 13.4. The van der Waals surface area contributed by atoms with Crippen LogP contribution in [0.2, 0.25) is 5.02 Å². The maximum absolute atomic E-state index is 13.4. The molecule has 0 aromatic heterocycles. The van der Waals surface area contributed by atoms with E-state index >= 15 is 0 Å². The van der Waals surface area contributed by atoms with E-state index in [9.17, 15) is 19.2 Å². The van der Waals surface area contributed by atoms with E-state index in [1.807, 2.05) is 48.5 Å². The standard InChI is InChI=1S/C25H32N2O3.C20H20ClNO2.C5H13NO/c28-17-8-4-7-16-26-22-15-14-21-23-19(22)12-9-13-20(23)24(29)27(25(21)30)18-10-5-2-1-3-6-11-18;21-17-12-11-16-18-14(17)9-6-10-15(18)19(23)22(20(16)24)13-7-4-2-1-3-5-8-13;6-4-2-1-3-5-7/h9,12-15,18,26,28H,1-8,10-11,16-17H2;6,9-13H,1-5,7-8H2;7H,1-6H2. The fraction of sp³-hybridized carbons (Fsp3) is 0.520. The number of nitrogens with two attached hydrogens (primary N) is 1. The number of unbranched alkanes of at least 4 members (excludes halogenated alkanes) is 4. The fourth-order valence-corrected chi connectivity index (χ4v) is 9.69. The number of hydrogen-bond donors (Lipinski definition) is 4. The van der Waals surface area contributed by atoms with Crippen molar-refractivity contribution in [2.75, 3.05) is 31.6 Å². The van der Waals surface area contributed by atoms with Gasteiger partial charge in [0.25, 0.3) is 23.6 Å². The molecule has 4 aliphatic rings. The first-order valence-electron chi connectivity index (χ1n) is 23.0. The van der Waals surface area contributed by atoms with Gasteiger partial charge in [0.15, 0.2) is 0 Å². The number of aliphatic hydroxyl groups is 2. The van der Waals surface area contributed by atoms with Crippen molar-refractivity contribution < 1.29 is 29.4 Å². The van der Waals surface area contributed by atoms with Gasteiger partial charge in [-0.2, -0.15) is 0 Å². The normalized spacial score (nSPS) is 17.5. The van der Waals surface area contributed by atoms with Gasteiger partial charge in [-0.1, -0.05) is 100 Å². The van der Waals surface area contributed by atoms with Gasteiger partial charge >= 0.3 is 0 Å². The van der Waals surface area contributed by atoms with E-state index < -0.39 is 0 Å². The molecule has 8 rings (SSSR count). The molecule has 0 unspecified atom stereocenters. The number of nitrogens with one attached hydrogen (secondary N) is 1. The Labute approximate surface area is 366 Å². The topological polar surface area (TPSA) is 153 Å². The summed E-state index contributed by atoms with van der Waals surface area (Å²) in [5.74, 6) is -0.593. The van der Waals surface area contributed by atoms with Crippen molar-refractivity contribution in [2.45, 2.75) is 141 Å². The summed E-state index contributed by atoms with van der Waals surface area (Å²) in [6.07, 6.45) is 21.0. The van der Waals surface area contributed by atoms with E-state index in [1.54, 1.807) is 17.0 Å². The van der Waals surface area contributed by atoms with Gasteiger partial charge in [-0.25, -0.2) is 0 Å². The Morgan fingerprint density at radius 1 is 0.525 bits per heavy atom. The quantitative estimate of drug-likeness (QED) is 0.0812. The Morgan fingerprint density at radius 2 is 0.951 bits per heavy atom. The van der Waals surface area contributed by atoms with Crippen molar-refractivity contribution in [1.29, 1.82) is 0 Å². The minimum absolute atomic E-state index is 0.0121.